The van der Waals surface area contributed by atoms with Crippen molar-refractivity contribution in [1.29, 1.82) is 0 Å². The summed E-state index contributed by atoms with van der Waals surface area (Å²) in [6.45, 7) is 4.89. The molecule has 0 saturated heterocycles. The highest BCUT2D eigenvalue weighted by molar-refractivity contribution is 5.77. The molecular weight excluding hydrogens is 424 g/mol. The molecule has 0 bridgehead atoms. The third-order valence-corrected chi connectivity index (χ3v) is 6.27. The van der Waals surface area contributed by atoms with Crippen molar-refractivity contribution in [2.24, 2.45) is 0 Å². The molecule has 0 aliphatic rings. The van der Waals surface area contributed by atoms with E-state index in [9.17, 15) is 4.79 Å². The van der Waals surface area contributed by atoms with Crippen molar-refractivity contribution in [2.75, 3.05) is 6.54 Å². The minimum atomic E-state index is 0.0345. The van der Waals surface area contributed by atoms with Crippen LogP contribution in [0.15, 0.2) is 67.0 Å². The average Bonchev–Trinajstić information content (AvgIpc) is 3.47. The molecule has 5 rings (SSSR count). The monoisotopic (exact) mass is 452 g/mol. The van der Waals surface area contributed by atoms with Crippen molar-refractivity contribution in [2.45, 2.75) is 39.5 Å². The Morgan fingerprint density at radius 3 is 2.62 bits per heavy atom. The summed E-state index contributed by atoms with van der Waals surface area (Å²) in [4.78, 5) is 12.3. The van der Waals surface area contributed by atoms with Gasteiger partial charge in [-0.05, 0) is 55.5 Å². The molecule has 0 spiro atoms. The van der Waals surface area contributed by atoms with Gasteiger partial charge in [0.25, 0.3) is 0 Å². The van der Waals surface area contributed by atoms with Gasteiger partial charge in [-0.25, -0.2) is 4.52 Å². The average molecular weight is 453 g/mol. The fourth-order valence-electron chi connectivity index (χ4n) is 4.15. The molecule has 3 aromatic heterocycles. The van der Waals surface area contributed by atoms with Gasteiger partial charge in [0.15, 0.2) is 5.65 Å². The van der Waals surface area contributed by atoms with Gasteiger partial charge in [-0.3, -0.25) is 9.20 Å². The molecule has 0 atom stereocenters. The van der Waals surface area contributed by atoms with Crippen LogP contribution in [0.3, 0.4) is 0 Å². The van der Waals surface area contributed by atoms with Gasteiger partial charge >= 0.3 is 0 Å². The second kappa shape index (κ2) is 9.47. The number of hydrogen-bond donors (Lipinski definition) is 1. The Hall–Kier alpha value is -4.00. The van der Waals surface area contributed by atoms with E-state index in [1.54, 1.807) is 0 Å². The van der Waals surface area contributed by atoms with Crippen LogP contribution in [0.5, 0.6) is 0 Å². The van der Waals surface area contributed by atoms with Crippen molar-refractivity contribution in [3.8, 4) is 11.3 Å². The van der Waals surface area contributed by atoms with Gasteiger partial charge in [0.2, 0.25) is 5.91 Å². The van der Waals surface area contributed by atoms with Gasteiger partial charge < -0.3 is 5.32 Å². The van der Waals surface area contributed by atoms with E-state index >= 15 is 0 Å². The lowest BCUT2D eigenvalue weighted by Crippen LogP contribution is -2.25. The fourth-order valence-corrected chi connectivity index (χ4v) is 4.15. The lowest BCUT2D eigenvalue weighted by molar-refractivity contribution is -0.121. The van der Waals surface area contributed by atoms with Gasteiger partial charge in [-0.1, -0.05) is 42.5 Å². The van der Waals surface area contributed by atoms with Crippen LogP contribution >= 0.6 is 0 Å². The van der Waals surface area contributed by atoms with Crippen molar-refractivity contribution >= 4 is 17.1 Å². The number of nitrogens with one attached hydrogen (secondary N) is 1. The predicted octanol–water partition coefficient (Wildman–Crippen LogP) is 4.34. The predicted molar refractivity (Wildman–Crippen MR) is 133 cm³/mol. The van der Waals surface area contributed by atoms with Crippen LogP contribution < -0.4 is 5.32 Å². The van der Waals surface area contributed by atoms with Crippen LogP contribution in [-0.4, -0.2) is 36.7 Å². The highest BCUT2D eigenvalue weighted by atomic mass is 16.1. The summed E-state index contributed by atoms with van der Waals surface area (Å²) in [5, 5.41) is 16.5. The highest BCUT2D eigenvalue weighted by Gasteiger charge is 2.14. The molecule has 0 unspecified atom stereocenters. The summed E-state index contributed by atoms with van der Waals surface area (Å²) in [6, 6.07) is 18.7. The first kappa shape index (κ1) is 21.8. The maximum absolute atomic E-state index is 12.3. The van der Waals surface area contributed by atoms with Crippen LogP contribution in [-0.2, 0) is 17.6 Å². The van der Waals surface area contributed by atoms with E-state index in [-0.39, 0.29) is 5.91 Å². The molecule has 5 aromatic rings. The molecule has 172 valence electrons. The van der Waals surface area contributed by atoms with E-state index in [1.165, 1.54) is 16.7 Å². The van der Waals surface area contributed by atoms with E-state index in [1.807, 2.05) is 45.6 Å². The minimum Gasteiger partial charge on any atom is -0.356 e. The number of carbonyl (C=O) groups excluding carboxylic acids is 1. The third-order valence-electron chi connectivity index (χ3n) is 6.27. The quantitative estimate of drug-likeness (QED) is 0.355. The van der Waals surface area contributed by atoms with Crippen molar-refractivity contribution in [3.63, 3.8) is 0 Å². The topological polar surface area (TPSA) is 76.6 Å². The molecular formula is C27H28N6O. The summed E-state index contributed by atoms with van der Waals surface area (Å²) in [5.74, 6) is 0.804. The van der Waals surface area contributed by atoms with Gasteiger partial charge in [0.05, 0.1) is 5.69 Å². The van der Waals surface area contributed by atoms with E-state index in [0.717, 1.165) is 41.1 Å². The number of fused-ring (bicyclic) bond motifs is 3. The summed E-state index contributed by atoms with van der Waals surface area (Å²) in [5.41, 5.74) is 7.39. The van der Waals surface area contributed by atoms with Gasteiger partial charge in [-0.2, -0.15) is 5.10 Å². The van der Waals surface area contributed by atoms with Crippen molar-refractivity contribution < 1.29 is 4.79 Å². The molecule has 0 radical (unpaired) electrons. The second-order valence-electron chi connectivity index (χ2n) is 8.71. The Morgan fingerprint density at radius 2 is 1.79 bits per heavy atom. The molecule has 0 aliphatic heterocycles. The van der Waals surface area contributed by atoms with Crippen molar-refractivity contribution in [3.05, 3.63) is 89.5 Å². The number of carbonyl (C=O) groups is 1. The Balaban J connectivity index is 1.23. The van der Waals surface area contributed by atoms with Crippen LogP contribution in [0.1, 0.15) is 35.4 Å². The first-order valence-electron chi connectivity index (χ1n) is 11.7. The van der Waals surface area contributed by atoms with Crippen LogP contribution in [0.25, 0.3) is 22.4 Å². The maximum atomic E-state index is 12.3. The zero-order valence-corrected chi connectivity index (χ0v) is 19.5. The molecule has 0 saturated carbocycles. The summed E-state index contributed by atoms with van der Waals surface area (Å²) in [6.07, 6.45) is 6.60. The standard InChI is InChI=1S/C27H28N6O/c1-19-10-11-22(17-20(19)2)23-18-24-27-30-29-25(32(27)15-16-33(24)31-23)12-13-26(34)28-14-6-9-21-7-4-3-5-8-21/h3-5,7-8,10-11,15-18H,6,9,12-14H2,1-2H3,(H,28,34). The Kier molecular flexibility index (Phi) is 6.08. The summed E-state index contributed by atoms with van der Waals surface area (Å²) in [7, 11) is 0. The normalized spacial score (nSPS) is 11.4. The van der Waals surface area contributed by atoms with Crippen LogP contribution in [0, 0.1) is 13.8 Å². The molecule has 2 aromatic carbocycles. The minimum absolute atomic E-state index is 0.0345. The Labute approximate surface area is 198 Å². The van der Waals surface area contributed by atoms with Crippen LogP contribution in [0.2, 0.25) is 0 Å². The number of nitrogens with zero attached hydrogens (tertiary/aromatic N) is 5. The fraction of sp³-hybridized carbons (Fsp3) is 0.259. The van der Waals surface area contributed by atoms with Gasteiger partial charge in [0.1, 0.15) is 11.3 Å². The number of amides is 1. The first-order valence-corrected chi connectivity index (χ1v) is 11.7. The number of aromatic nitrogens is 5. The van der Waals surface area contributed by atoms with E-state index < -0.39 is 0 Å². The van der Waals surface area contributed by atoms with Crippen LogP contribution in [0.4, 0.5) is 0 Å². The summed E-state index contributed by atoms with van der Waals surface area (Å²) < 4.78 is 3.78. The van der Waals surface area contributed by atoms with E-state index in [2.05, 4.69) is 59.7 Å². The van der Waals surface area contributed by atoms with Gasteiger partial charge in [0, 0.05) is 37.3 Å². The molecule has 3 heterocycles. The smallest absolute Gasteiger partial charge is 0.220 e. The van der Waals surface area contributed by atoms with Gasteiger partial charge in [-0.15, -0.1) is 10.2 Å². The molecule has 7 heteroatoms. The highest BCUT2D eigenvalue weighted by Crippen LogP contribution is 2.24. The second-order valence-corrected chi connectivity index (χ2v) is 8.71. The molecule has 7 nitrogen and oxygen atoms in total. The molecule has 1 N–H and O–H groups in total. The van der Waals surface area contributed by atoms with Crippen molar-refractivity contribution in [1.82, 2.24) is 29.5 Å². The summed E-state index contributed by atoms with van der Waals surface area (Å²) >= 11 is 0. The molecule has 0 fully saturated rings. The Morgan fingerprint density at radius 1 is 0.941 bits per heavy atom. The zero-order chi connectivity index (χ0) is 23.5. The largest absolute Gasteiger partial charge is 0.356 e. The number of rotatable bonds is 8. The zero-order valence-electron chi connectivity index (χ0n) is 19.5. The first-order chi connectivity index (χ1) is 16.6. The van der Waals surface area contributed by atoms with E-state index in [4.69, 9.17) is 5.10 Å². The third kappa shape index (κ3) is 4.55. The number of hydrogen-bond acceptors (Lipinski definition) is 4. The molecule has 0 aliphatic carbocycles. The lowest BCUT2D eigenvalue weighted by atomic mass is 10.0. The molecule has 34 heavy (non-hydrogen) atoms. The Bertz CT molecular complexity index is 1450. The number of benzene rings is 2. The maximum Gasteiger partial charge on any atom is 0.220 e. The lowest BCUT2D eigenvalue weighted by Gasteiger charge is -2.05. The number of aryl methyl sites for hydroxylation is 4. The van der Waals surface area contributed by atoms with E-state index in [0.29, 0.717) is 19.4 Å². The SMILES string of the molecule is Cc1ccc(-c2cc3c4nnc(CCC(=O)NCCCc5ccccc5)n4ccn3n2)cc1C. The molecule has 1 amide bonds.